The topological polar surface area (TPSA) is 23.6 Å². The molecule has 128 valence electrons. The summed E-state index contributed by atoms with van der Waals surface area (Å²) in [5.41, 5.74) is 3.93. The maximum Gasteiger partial charge on any atom is 0.256 e. The largest absolute Gasteiger partial charge is 0.368 e. The Morgan fingerprint density at radius 3 is 2.29 bits per heavy atom. The molecule has 0 unspecified atom stereocenters. The average Bonchev–Trinajstić information content (AvgIpc) is 2.57. The predicted octanol–water partition coefficient (Wildman–Crippen LogP) is 3.83. The molecular weight excluding hydrogens is 327 g/mol. The van der Waals surface area contributed by atoms with Crippen molar-refractivity contribution in [2.24, 2.45) is 0 Å². The van der Waals surface area contributed by atoms with E-state index in [0.717, 1.165) is 13.1 Å². The van der Waals surface area contributed by atoms with E-state index in [1.165, 1.54) is 22.9 Å². The maximum atomic E-state index is 13.8. The van der Waals surface area contributed by atoms with Crippen molar-refractivity contribution in [1.82, 2.24) is 4.90 Å². The molecule has 2 aromatic carbocycles. The van der Waals surface area contributed by atoms with E-state index in [9.17, 15) is 9.18 Å². The zero-order valence-electron chi connectivity index (χ0n) is 14.0. The van der Waals surface area contributed by atoms with Gasteiger partial charge in [0.15, 0.2) is 0 Å². The Kier molecular flexibility index (Phi) is 5.84. The van der Waals surface area contributed by atoms with E-state index in [2.05, 4.69) is 36.9 Å². The van der Waals surface area contributed by atoms with Crippen LogP contribution in [0, 0.1) is 19.7 Å². The zero-order chi connectivity index (χ0) is 16.4. The molecule has 1 amide bonds. The van der Waals surface area contributed by atoms with E-state index in [-0.39, 0.29) is 23.9 Å². The summed E-state index contributed by atoms with van der Waals surface area (Å²) in [5.74, 6) is -0.668. The summed E-state index contributed by atoms with van der Waals surface area (Å²) < 4.78 is 13.8. The second kappa shape index (κ2) is 7.67. The second-order valence-corrected chi connectivity index (χ2v) is 5.98. The average molecular weight is 349 g/mol. The van der Waals surface area contributed by atoms with Crippen molar-refractivity contribution >= 4 is 24.0 Å². The Morgan fingerprint density at radius 1 is 0.958 bits per heavy atom. The van der Waals surface area contributed by atoms with Crippen LogP contribution < -0.4 is 4.90 Å². The third-order valence-electron chi connectivity index (χ3n) is 4.59. The summed E-state index contributed by atoms with van der Waals surface area (Å²) in [5, 5.41) is 0. The van der Waals surface area contributed by atoms with Crippen LogP contribution in [-0.2, 0) is 0 Å². The van der Waals surface area contributed by atoms with Gasteiger partial charge in [0.05, 0.1) is 5.56 Å². The number of benzene rings is 2. The van der Waals surface area contributed by atoms with Gasteiger partial charge in [-0.05, 0) is 43.2 Å². The van der Waals surface area contributed by atoms with Crippen LogP contribution in [0.4, 0.5) is 10.1 Å². The van der Waals surface area contributed by atoms with Crippen LogP contribution in [-0.4, -0.2) is 37.0 Å². The van der Waals surface area contributed by atoms with Crippen LogP contribution in [0.2, 0.25) is 0 Å². The van der Waals surface area contributed by atoms with Crippen LogP contribution in [0.1, 0.15) is 21.5 Å². The van der Waals surface area contributed by atoms with Gasteiger partial charge >= 0.3 is 0 Å². The van der Waals surface area contributed by atoms with E-state index in [0.29, 0.717) is 13.1 Å². The molecule has 1 saturated heterocycles. The molecule has 24 heavy (non-hydrogen) atoms. The molecule has 1 aliphatic heterocycles. The molecule has 0 radical (unpaired) electrons. The van der Waals surface area contributed by atoms with E-state index in [1.807, 2.05) is 0 Å². The summed E-state index contributed by atoms with van der Waals surface area (Å²) in [7, 11) is 0. The summed E-state index contributed by atoms with van der Waals surface area (Å²) in [6.07, 6.45) is 0. The van der Waals surface area contributed by atoms with Crippen LogP contribution in [0.15, 0.2) is 42.5 Å². The molecule has 0 aliphatic carbocycles. The van der Waals surface area contributed by atoms with E-state index in [4.69, 9.17) is 0 Å². The first-order valence-electron chi connectivity index (χ1n) is 7.93. The van der Waals surface area contributed by atoms with Gasteiger partial charge in [-0.2, -0.15) is 0 Å². The molecule has 0 atom stereocenters. The first kappa shape index (κ1) is 18.3. The Morgan fingerprint density at radius 2 is 1.62 bits per heavy atom. The molecule has 0 N–H and O–H groups in total. The fraction of sp³-hybridized carbons (Fsp3) is 0.316. The Labute approximate surface area is 148 Å². The lowest BCUT2D eigenvalue weighted by molar-refractivity contribution is 0.0742. The summed E-state index contributed by atoms with van der Waals surface area (Å²) in [4.78, 5) is 16.5. The molecule has 1 fully saturated rings. The van der Waals surface area contributed by atoms with Crippen molar-refractivity contribution in [2.45, 2.75) is 13.8 Å². The van der Waals surface area contributed by atoms with Gasteiger partial charge in [0, 0.05) is 31.9 Å². The number of anilines is 1. The second-order valence-electron chi connectivity index (χ2n) is 5.98. The van der Waals surface area contributed by atoms with Crippen LogP contribution >= 0.6 is 12.4 Å². The number of piperazine rings is 1. The first-order chi connectivity index (χ1) is 11.1. The standard InChI is InChI=1S/C19H21FN2O.ClH/c1-14-6-5-9-18(15(14)2)21-10-12-22(13-11-21)19(23)16-7-3-4-8-17(16)20;/h3-9H,10-13H2,1-2H3;1H. The van der Waals surface area contributed by atoms with Crippen LogP contribution in [0.3, 0.4) is 0 Å². The lowest BCUT2D eigenvalue weighted by Crippen LogP contribution is -2.49. The molecular formula is C19H22ClFN2O. The lowest BCUT2D eigenvalue weighted by Gasteiger charge is -2.37. The highest BCUT2D eigenvalue weighted by atomic mass is 35.5. The smallest absolute Gasteiger partial charge is 0.256 e. The maximum absolute atomic E-state index is 13.8. The number of hydrogen-bond acceptors (Lipinski definition) is 2. The van der Waals surface area contributed by atoms with Gasteiger partial charge in [0.25, 0.3) is 5.91 Å². The van der Waals surface area contributed by atoms with Gasteiger partial charge in [-0.25, -0.2) is 4.39 Å². The summed E-state index contributed by atoms with van der Waals surface area (Å²) >= 11 is 0. The van der Waals surface area contributed by atoms with Gasteiger partial charge in [0.2, 0.25) is 0 Å². The van der Waals surface area contributed by atoms with Gasteiger partial charge in [-0.1, -0.05) is 24.3 Å². The quantitative estimate of drug-likeness (QED) is 0.823. The Hall–Kier alpha value is -2.07. The monoisotopic (exact) mass is 348 g/mol. The zero-order valence-corrected chi connectivity index (χ0v) is 14.8. The van der Waals surface area contributed by atoms with Gasteiger partial charge in [-0.15, -0.1) is 12.4 Å². The van der Waals surface area contributed by atoms with Gasteiger partial charge < -0.3 is 9.80 Å². The number of nitrogens with zero attached hydrogens (tertiary/aromatic N) is 2. The van der Waals surface area contributed by atoms with Crippen LogP contribution in [0.25, 0.3) is 0 Å². The number of carbonyl (C=O) groups is 1. The van der Waals surface area contributed by atoms with E-state index in [1.54, 1.807) is 23.1 Å². The van der Waals surface area contributed by atoms with Crippen LogP contribution in [0.5, 0.6) is 0 Å². The number of rotatable bonds is 2. The number of aryl methyl sites for hydroxylation is 1. The number of amides is 1. The Bertz CT molecular complexity index is 727. The predicted molar refractivity (Wildman–Crippen MR) is 97.7 cm³/mol. The Balaban J connectivity index is 0.00000208. The highest BCUT2D eigenvalue weighted by molar-refractivity contribution is 5.94. The number of hydrogen-bond donors (Lipinski definition) is 0. The highest BCUT2D eigenvalue weighted by Gasteiger charge is 2.24. The lowest BCUT2D eigenvalue weighted by atomic mass is 10.1. The summed E-state index contributed by atoms with van der Waals surface area (Å²) in [6.45, 7) is 6.99. The van der Waals surface area contributed by atoms with Crippen molar-refractivity contribution < 1.29 is 9.18 Å². The molecule has 0 bridgehead atoms. The van der Waals surface area contributed by atoms with Crippen molar-refractivity contribution in [2.75, 3.05) is 31.1 Å². The molecule has 5 heteroatoms. The minimum atomic E-state index is -0.450. The van der Waals surface area contributed by atoms with Crippen molar-refractivity contribution in [3.8, 4) is 0 Å². The third kappa shape index (κ3) is 3.54. The van der Waals surface area contributed by atoms with Gasteiger partial charge in [-0.3, -0.25) is 4.79 Å². The fourth-order valence-corrected chi connectivity index (χ4v) is 3.03. The number of carbonyl (C=O) groups excluding carboxylic acids is 1. The minimum absolute atomic E-state index is 0. The third-order valence-corrected chi connectivity index (χ3v) is 4.59. The molecule has 2 aromatic rings. The highest BCUT2D eigenvalue weighted by Crippen LogP contribution is 2.24. The van der Waals surface area contributed by atoms with Crippen molar-refractivity contribution in [1.29, 1.82) is 0 Å². The summed E-state index contributed by atoms with van der Waals surface area (Å²) in [6, 6.07) is 12.5. The van der Waals surface area contributed by atoms with Crippen molar-refractivity contribution in [3.05, 3.63) is 65.0 Å². The number of halogens is 2. The minimum Gasteiger partial charge on any atom is -0.368 e. The van der Waals surface area contributed by atoms with Crippen molar-refractivity contribution in [3.63, 3.8) is 0 Å². The first-order valence-corrected chi connectivity index (χ1v) is 7.93. The molecule has 0 saturated carbocycles. The molecule has 0 spiro atoms. The normalized spacial score (nSPS) is 14.3. The molecule has 1 aliphatic rings. The molecule has 0 aromatic heterocycles. The molecule has 1 heterocycles. The fourth-order valence-electron chi connectivity index (χ4n) is 3.03. The van der Waals surface area contributed by atoms with E-state index < -0.39 is 5.82 Å². The van der Waals surface area contributed by atoms with E-state index >= 15 is 0 Å². The molecule has 3 nitrogen and oxygen atoms in total. The van der Waals surface area contributed by atoms with Gasteiger partial charge in [0.1, 0.15) is 5.82 Å². The SMILES string of the molecule is Cc1cccc(N2CCN(C(=O)c3ccccc3F)CC2)c1C.Cl. The molecule has 3 rings (SSSR count).